The van der Waals surface area contributed by atoms with Crippen LogP contribution in [0.3, 0.4) is 0 Å². The summed E-state index contributed by atoms with van der Waals surface area (Å²) >= 11 is 4.74. The van der Waals surface area contributed by atoms with E-state index in [0.29, 0.717) is 60.0 Å². The molecule has 5 atom stereocenters. The molecule has 0 bridgehead atoms. The van der Waals surface area contributed by atoms with Gasteiger partial charge in [0.2, 0.25) is 12.5 Å². The summed E-state index contributed by atoms with van der Waals surface area (Å²) in [5.41, 5.74) is 3.63. The molecule has 2 aromatic heterocycles. The average molecular weight is 1620 g/mol. The third-order valence-corrected chi connectivity index (χ3v) is 24.3. The number of aliphatic carboxylic acids is 1. The number of aromatic nitrogens is 4. The van der Waals surface area contributed by atoms with Gasteiger partial charge in [0.05, 0.1) is 63.9 Å². The zero-order valence-corrected chi connectivity index (χ0v) is 68.4. The number of carbonyl (C=O) groups excluding carboxylic acids is 3. The number of carbonyl (C=O) groups is 3. The van der Waals surface area contributed by atoms with Crippen molar-refractivity contribution in [2.45, 2.75) is 355 Å². The molecule has 0 amide bonds. The fourth-order valence-electron chi connectivity index (χ4n) is 16.0. The van der Waals surface area contributed by atoms with Gasteiger partial charge in [0.25, 0.3) is 11.8 Å². The van der Waals surface area contributed by atoms with Gasteiger partial charge in [0.15, 0.2) is 0 Å². The lowest BCUT2D eigenvalue weighted by Gasteiger charge is -2.46. The molecule has 0 aromatic carbocycles. The Balaban J connectivity index is 0.000000323. The Morgan fingerprint density at radius 1 is 0.495 bits per heavy atom. The highest BCUT2D eigenvalue weighted by Gasteiger charge is 2.46. The molecular weight excluding hydrogens is 1480 g/mol. The molecule has 3 fully saturated rings. The van der Waals surface area contributed by atoms with Gasteiger partial charge >= 0.3 is 11.9 Å². The molecule has 18 heteroatoms. The molecule has 0 N–H and O–H groups in total. The number of hydrogen-bond donors (Lipinski definition) is 0. The summed E-state index contributed by atoms with van der Waals surface area (Å²) < 4.78 is 45.4. The number of ether oxygens (including phenoxy) is 4. The minimum Gasteiger partial charge on any atom is -1.00 e. The number of likely N-dealkylation sites (N-methyl/N-ethyl adjacent to an activating group) is 2. The molecule has 2 aromatic rings. The van der Waals surface area contributed by atoms with Crippen LogP contribution in [0.15, 0.2) is 12.2 Å². The first-order chi connectivity index (χ1) is 46.8. The van der Waals surface area contributed by atoms with Crippen LogP contribution in [-0.2, 0) is 23.9 Å². The normalized spacial score (nSPS) is 20.7. The zero-order valence-electron chi connectivity index (χ0n) is 62.5. The highest BCUT2D eigenvalue weighted by molar-refractivity contribution is 14.1. The predicted molar refractivity (Wildman–Crippen MR) is 405 cm³/mol. The SMILES string of the molecule is CCCCCCCCC(CI)(C(=O)[O-])C1CCCCC1.CCCCCCCCCC(=O)OC(C1CCCCC1)[N+]1(C)CCC=C(c2nsnc2OCCCCCC)C1.CCCCCCCCCC(=O)OC(C1CCCCC1)[N+]1(C)CCC=C(c2nsnc2OCCCCCC)C1.[I-]. The van der Waals surface area contributed by atoms with Crippen molar-refractivity contribution >= 4 is 75.1 Å². The summed E-state index contributed by atoms with van der Waals surface area (Å²) in [5.74, 6) is 1.80. The van der Waals surface area contributed by atoms with Crippen LogP contribution in [0, 0.1) is 23.2 Å². The molecule has 0 spiro atoms. The molecule has 0 radical (unpaired) electrons. The summed E-state index contributed by atoms with van der Waals surface area (Å²) in [5, 5.41) is 11.8. The van der Waals surface area contributed by atoms with E-state index in [1.165, 1.54) is 227 Å². The summed E-state index contributed by atoms with van der Waals surface area (Å²) in [6, 6.07) is 0. The van der Waals surface area contributed by atoms with Crippen molar-refractivity contribution in [1.82, 2.24) is 17.5 Å². The van der Waals surface area contributed by atoms with Crippen molar-refractivity contribution in [1.29, 1.82) is 0 Å². The molecule has 5 aliphatic rings. The van der Waals surface area contributed by atoms with Gasteiger partial charge in [-0.2, -0.15) is 8.75 Å². The van der Waals surface area contributed by atoms with Crippen LogP contribution in [0.25, 0.3) is 11.1 Å². The van der Waals surface area contributed by atoms with E-state index >= 15 is 0 Å². The molecule has 558 valence electrons. The summed E-state index contributed by atoms with van der Waals surface area (Å²) in [4.78, 5) is 38.0. The van der Waals surface area contributed by atoms with Crippen LogP contribution >= 0.6 is 46.0 Å². The first kappa shape index (κ1) is 87.4. The van der Waals surface area contributed by atoms with Crippen LogP contribution < -0.4 is 38.6 Å². The lowest BCUT2D eigenvalue weighted by molar-refractivity contribution is -0.951. The fraction of sp³-hybridized carbons (Fsp3) is 0.861. The first-order valence-electron chi connectivity index (χ1n) is 40.0. The number of quaternary nitrogens is 2. The van der Waals surface area contributed by atoms with E-state index in [1.807, 2.05) is 0 Å². The van der Waals surface area contributed by atoms with Crippen LogP contribution in [0.4, 0.5) is 0 Å². The van der Waals surface area contributed by atoms with E-state index in [9.17, 15) is 19.5 Å². The van der Waals surface area contributed by atoms with Crippen LogP contribution in [-0.4, -0.2) is 115 Å². The predicted octanol–water partition coefficient (Wildman–Crippen LogP) is 18.1. The van der Waals surface area contributed by atoms with Crippen molar-refractivity contribution in [3.8, 4) is 11.8 Å². The van der Waals surface area contributed by atoms with E-state index in [1.54, 1.807) is 0 Å². The number of esters is 2. The number of alkyl halides is 1. The monoisotopic (exact) mass is 1620 g/mol. The van der Waals surface area contributed by atoms with E-state index in [2.05, 4.69) is 101 Å². The largest absolute Gasteiger partial charge is 1.00 e. The molecule has 0 saturated heterocycles. The van der Waals surface area contributed by atoms with Crippen LogP contribution in [0.2, 0.25) is 0 Å². The minimum atomic E-state index is -0.785. The number of unbranched alkanes of at least 4 members (excludes halogenated alkanes) is 23. The van der Waals surface area contributed by atoms with Crippen molar-refractivity contribution in [3.63, 3.8) is 0 Å². The summed E-state index contributed by atoms with van der Waals surface area (Å²) in [6.07, 6.45) is 60.1. The molecular formula is C79H138I2N6O8S2. The second-order valence-corrected chi connectivity index (χ2v) is 32.0. The number of hydrogen-bond acceptors (Lipinski definition) is 14. The Labute approximate surface area is 630 Å². The van der Waals surface area contributed by atoms with Gasteiger partial charge < -0.3 is 52.8 Å². The Hall–Kier alpha value is -2.01. The zero-order chi connectivity index (χ0) is 69.0. The van der Waals surface area contributed by atoms with Gasteiger partial charge in [-0.1, -0.05) is 281 Å². The maximum absolute atomic E-state index is 13.1. The van der Waals surface area contributed by atoms with Crippen LogP contribution in [0.5, 0.6) is 11.8 Å². The lowest BCUT2D eigenvalue weighted by Crippen LogP contribution is -3.00. The topological polar surface area (TPSA) is 163 Å². The van der Waals surface area contributed by atoms with E-state index in [0.717, 1.165) is 149 Å². The van der Waals surface area contributed by atoms with Gasteiger partial charge in [-0.25, -0.2) is 0 Å². The van der Waals surface area contributed by atoms with Crippen molar-refractivity contribution in [2.24, 2.45) is 23.2 Å². The number of nitrogens with zero attached hydrogens (tertiary/aromatic N) is 6. The summed E-state index contributed by atoms with van der Waals surface area (Å²) in [7, 11) is 4.58. The molecule has 2 aliphatic heterocycles. The Morgan fingerprint density at radius 3 is 1.20 bits per heavy atom. The van der Waals surface area contributed by atoms with Crippen molar-refractivity contribution in [3.05, 3.63) is 23.5 Å². The van der Waals surface area contributed by atoms with Crippen LogP contribution in [0.1, 0.15) is 354 Å². The quantitative estimate of drug-likeness (QED) is 0.0203. The van der Waals surface area contributed by atoms with Gasteiger partial charge in [0.1, 0.15) is 24.5 Å². The number of carboxylic acids is 1. The van der Waals surface area contributed by atoms with Gasteiger partial charge in [-0.15, -0.1) is 8.75 Å². The standard InChI is InChI=1S/2C31H54N3O3S.C17H31IO2.HI/c2*1-4-6-8-10-11-12-16-22-28(35)37-31(26-19-14-13-15-20-26)34(3)23-18-21-27(25-34)29-30(33-38-32-29)36-24-17-9-7-5-2;1-2-3-4-5-6-10-13-17(14-18,16(19)20)15-11-8-7-9-12-15;/h2*21,26,31H,4-20,22-25H2,1-3H3;15H,2-14H2,1H3,(H,19,20);1H/q2*+1;;/p-2. The third-order valence-electron chi connectivity index (χ3n) is 21.9. The molecule has 3 aliphatic carbocycles. The molecule has 14 nitrogen and oxygen atoms in total. The highest BCUT2D eigenvalue weighted by Crippen LogP contribution is 2.45. The average Bonchev–Trinajstić information content (AvgIpc) is 1.78. The first-order valence-corrected chi connectivity index (χ1v) is 42.9. The van der Waals surface area contributed by atoms with E-state index in [4.69, 9.17) is 18.9 Å². The molecule has 3 saturated carbocycles. The second kappa shape index (κ2) is 52.0. The van der Waals surface area contributed by atoms with Crippen molar-refractivity contribution < 1.29 is 71.4 Å². The van der Waals surface area contributed by atoms with E-state index < -0.39 is 11.4 Å². The molecule has 4 heterocycles. The second-order valence-electron chi connectivity index (χ2n) is 30.1. The number of carboxylic acid groups (broad SMARTS) is 1. The Bertz CT molecular complexity index is 2310. The van der Waals surface area contributed by atoms with Gasteiger partial charge in [-0.3, -0.25) is 18.6 Å². The summed E-state index contributed by atoms with van der Waals surface area (Å²) in [6.45, 7) is 16.1. The number of halogens is 2. The Morgan fingerprint density at radius 2 is 0.835 bits per heavy atom. The molecule has 5 unspecified atom stereocenters. The molecule has 7 rings (SSSR count). The maximum Gasteiger partial charge on any atom is 0.310 e. The highest BCUT2D eigenvalue weighted by atomic mass is 127. The Kier molecular flexibility index (Phi) is 46.9. The van der Waals surface area contributed by atoms with Crippen molar-refractivity contribution in [2.75, 3.05) is 57.9 Å². The number of rotatable bonds is 46. The van der Waals surface area contributed by atoms with Gasteiger partial charge in [0, 0.05) is 64.5 Å². The fourth-order valence-corrected chi connectivity index (χ4v) is 18.3. The minimum absolute atomic E-state index is 0. The smallest absolute Gasteiger partial charge is 0.310 e. The van der Waals surface area contributed by atoms with Gasteiger partial charge in [-0.05, 0) is 76.5 Å². The maximum atomic E-state index is 13.1. The molecule has 97 heavy (non-hydrogen) atoms. The third kappa shape index (κ3) is 31.9. The van der Waals surface area contributed by atoms with E-state index in [-0.39, 0.29) is 48.4 Å². The lowest BCUT2D eigenvalue weighted by atomic mass is 9.67.